The Bertz CT molecular complexity index is 1460. The normalized spacial score (nSPS) is 14.9. The summed E-state index contributed by atoms with van der Waals surface area (Å²) in [7, 11) is 4.79. The fourth-order valence-electron chi connectivity index (χ4n) is 4.42. The quantitative estimate of drug-likeness (QED) is 0.406. The van der Waals surface area contributed by atoms with Crippen molar-refractivity contribution in [3.05, 3.63) is 81.1 Å². The molecule has 0 aliphatic heterocycles. The lowest BCUT2D eigenvalue weighted by atomic mass is 9.81. The molecule has 1 N–H and O–H groups in total. The number of aromatic amines is 1. The van der Waals surface area contributed by atoms with Crippen molar-refractivity contribution in [2.24, 2.45) is 0 Å². The lowest BCUT2D eigenvalue weighted by Crippen LogP contribution is -2.24. The zero-order valence-corrected chi connectivity index (χ0v) is 20.4. The SMILES string of the molecule is COc1ccc(-c2csc(-c3cc4c([nH]c3=O)CC(c3ccc(OC)c(OC)c3)CC4=O)n2)cc1. The highest BCUT2D eigenvalue weighted by Crippen LogP contribution is 2.37. The molecular weight excluding hydrogens is 464 g/mol. The summed E-state index contributed by atoms with van der Waals surface area (Å²) in [6.45, 7) is 0. The fraction of sp³-hybridized carbons (Fsp3) is 0.222. The van der Waals surface area contributed by atoms with Gasteiger partial charge in [0.05, 0.1) is 32.6 Å². The van der Waals surface area contributed by atoms with Crippen LogP contribution in [-0.2, 0) is 6.42 Å². The summed E-state index contributed by atoms with van der Waals surface area (Å²) in [5.41, 5.74) is 4.03. The maximum absolute atomic E-state index is 13.1. The number of hydrogen-bond donors (Lipinski definition) is 1. The summed E-state index contributed by atoms with van der Waals surface area (Å²) in [4.78, 5) is 33.7. The predicted molar refractivity (Wildman–Crippen MR) is 135 cm³/mol. The van der Waals surface area contributed by atoms with Gasteiger partial charge in [-0.2, -0.15) is 0 Å². The maximum Gasteiger partial charge on any atom is 0.258 e. The van der Waals surface area contributed by atoms with Gasteiger partial charge in [-0.25, -0.2) is 4.98 Å². The number of Topliss-reactive ketones (excluding diaryl/α,β-unsaturated/α-hetero) is 1. The van der Waals surface area contributed by atoms with E-state index in [1.807, 2.05) is 47.8 Å². The molecule has 1 aliphatic rings. The summed E-state index contributed by atoms with van der Waals surface area (Å²) < 4.78 is 15.9. The molecule has 7 nitrogen and oxygen atoms in total. The third kappa shape index (κ3) is 4.33. The van der Waals surface area contributed by atoms with Gasteiger partial charge < -0.3 is 19.2 Å². The lowest BCUT2D eigenvalue weighted by molar-refractivity contribution is 0.0963. The van der Waals surface area contributed by atoms with Crippen LogP contribution >= 0.6 is 11.3 Å². The summed E-state index contributed by atoms with van der Waals surface area (Å²) in [6.07, 6.45) is 0.907. The summed E-state index contributed by atoms with van der Waals surface area (Å²) in [5.74, 6) is 1.95. The molecule has 8 heteroatoms. The standard InChI is InChI=1S/C27H24N2O5S/c1-32-18-7-4-15(5-8-18)22-14-35-27(29-22)20-13-19-21(28-26(20)31)10-17(11-23(19)30)16-6-9-24(33-2)25(12-16)34-3/h4-9,12-14,17H,10-11H2,1-3H3,(H,28,31). The van der Waals surface area contributed by atoms with Crippen molar-refractivity contribution < 1.29 is 19.0 Å². The van der Waals surface area contributed by atoms with Crippen LogP contribution in [0.15, 0.2) is 58.7 Å². The fourth-order valence-corrected chi connectivity index (χ4v) is 5.27. The Morgan fingerprint density at radius 1 is 0.886 bits per heavy atom. The molecule has 1 unspecified atom stereocenters. The number of thiazole rings is 1. The average molecular weight is 489 g/mol. The van der Waals surface area contributed by atoms with Gasteiger partial charge in [0.25, 0.3) is 5.56 Å². The van der Waals surface area contributed by atoms with Crippen LogP contribution in [0.4, 0.5) is 0 Å². The van der Waals surface area contributed by atoms with Gasteiger partial charge >= 0.3 is 0 Å². The van der Waals surface area contributed by atoms with E-state index in [1.54, 1.807) is 27.4 Å². The Kier molecular flexibility index (Phi) is 6.13. The van der Waals surface area contributed by atoms with Crippen LogP contribution in [-0.4, -0.2) is 37.1 Å². The maximum atomic E-state index is 13.1. The third-order valence-electron chi connectivity index (χ3n) is 6.30. The van der Waals surface area contributed by atoms with Gasteiger partial charge in [-0.05, 0) is 60.4 Å². The minimum atomic E-state index is -0.250. The molecule has 0 bridgehead atoms. The van der Waals surface area contributed by atoms with Crippen LogP contribution < -0.4 is 19.8 Å². The monoisotopic (exact) mass is 488 g/mol. The molecule has 4 aromatic rings. The molecule has 178 valence electrons. The molecule has 5 rings (SSSR count). The van der Waals surface area contributed by atoms with E-state index in [0.29, 0.717) is 46.2 Å². The molecule has 1 atom stereocenters. The smallest absolute Gasteiger partial charge is 0.258 e. The van der Waals surface area contributed by atoms with Gasteiger partial charge in [0.2, 0.25) is 0 Å². The van der Waals surface area contributed by atoms with Crippen LogP contribution in [0.25, 0.3) is 21.8 Å². The number of fused-ring (bicyclic) bond motifs is 1. The number of carbonyl (C=O) groups is 1. The molecule has 2 heterocycles. The number of pyridine rings is 1. The summed E-state index contributed by atoms with van der Waals surface area (Å²) in [6, 6.07) is 14.9. The largest absolute Gasteiger partial charge is 0.497 e. The summed E-state index contributed by atoms with van der Waals surface area (Å²) >= 11 is 1.38. The third-order valence-corrected chi connectivity index (χ3v) is 7.18. The van der Waals surface area contributed by atoms with E-state index in [0.717, 1.165) is 22.6 Å². The first-order valence-corrected chi connectivity index (χ1v) is 12.0. The molecule has 2 aromatic heterocycles. The lowest BCUT2D eigenvalue weighted by Gasteiger charge is -2.24. The van der Waals surface area contributed by atoms with Crippen LogP contribution in [0.1, 0.15) is 34.0 Å². The molecular formula is C27H24N2O5S. The second-order valence-corrected chi connectivity index (χ2v) is 9.17. The Labute approximate surface area is 206 Å². The number of ether oxygens (including phenoxy) is 3. The van der Waals surface area contributed by atoms with Crippen molar-refractivity contribution in [2.45, 2.75) is 18.8 Å². The first kappa shape index (κ1) is 22.9. The molecule has 0 amide bonds. The number of rotatable bonds is 6. The van der Waals surface area contributed by atoms with E-state index >= 15 is 0 Å². The number of hydrogen-bond acceptors (Lipinski definition) is 7. The van der Waals surface area contributed by atoms with Gasteiger partial charge in [0, 0.05) is 28.6 Å². The second kappa shape index (κ2) is 9.38. The van der Waals surface area contributed by atoms with E-state index in [9.17, 15) is 9.59 Å². The minimum Gasteiger partial charge on any atom is -0.497 e. The van der Waals surface area contributed by atoms with Crippen LogP contribution in [0.5, 0.6) is 17.2 Å². The number of nitrogens with zero attached hydrogens (tertiary/aromatic N) is 1. The number of nitrogens with one attached hydrogen (secondary N) is 1. The van der Waals surface area contributed by atoms with Gasteiger partial charge in [0.1, 0.15) is 10.8 Å². The van der Waals surface area contributed by atoms with Crippen molar-refractivity contribution in [3.8, 4) is 39.1 Å². The number of benzene rings is 2. The number of methoxy groups -OCH3 is 3. The molecule has 2 aromatic carbocycles. The zero-order chi connectivity index (χ0) is 24.5. The predicted octanol–water partition coefficient (Wildman–Crippen LogP) is 5.10. The van der Waals surface area contributed by atoms with Gasteiger partial charge in [-0.15, -0.1) is 11.3 Å². The average Bonchev–Trinajstić information content (AvgIpc) is 3.38. The second-order valence-electron chi connectivity index (χ2n) is 8.31. The van der Waals surface area contributed by atoms with Gasteiger partial charge in [0.15, 0.2) is 17.3 Å². The van der Waals surface area contributed by atoms with E-state index in [-0.39, 0.29) is 17.3 Å². The Hall–Kier alpha value is -3.91. The topological polar surface area (TPSA) is 90.5 Å². The van der Waals surface area contributed by atoms with Crippen molar-refractivity contribution in [1.82, 2.24) is 9.97 Å². The molecule has 1 aliphatic carbocycles. The van der Waals surface area contributed by atoms with Crippen molar-refractivity contribution in [1.29, 1.82) is 0 Å². The Balaban J connectivity index is 1.44. The van der Waals surface area contributed by atoms with Gasteiger partial charge in [-0.3, -0.25) is 9.59 Å². The molecule has 0 saturated carbocycles. The van der Waals surface area contributed by atoms with Crippen molar-refractivity contribution >= 4 is 17.1 Å². The Morgan fingerprint density at radius 3 is 2.37 bits per heavy atom. The van der Waals surface area contributed by atoms with E-state index in [1.165, 1.54) is 11.3 Å². The van der Waals surface area contributed by atoms with Crippen LogP contribution in [0.2, 0.25) is 0 Å². The van der Waals surface area contributed by atoms with E-state index in [4.69, 9.17) is 14.2 Å². The molecule has 0 saturated heterocycles. The molecule has 0 spiro atoms. The minimum absolute atomic E-state index is 0.00420. The molecule has 0 radical (unpaired) electrons. The van der Waals surface area contributed by atoms with E-state index in [2.05, 4.69) is 9.97 Å². The van der Waals surface area contributed by atoms with Crippen molar-refractivity contribution in [2.75, 3.05) is 21.3 Å². The van der Waals surface area contributed by atoms with Crippen molar-refractivity contribution in [3.63, 3.8) is 0 Å². The number of aromatic nitrogens is 2. The highest BCUT2D eigenvalue weighted by molar-refractivity contribution is 7.13. The Morgan fingerprint density at radius 2 is 1.66 bits per heavy atom. The number of H-pyrrole nitrogens is 1. The van der Waals surface area contributed by atoms with E-state index < -0.39 is 0 Å². The molecule has 0 fully saturated rings. The zero-order valence-electron chi connectivity index (χ0n) is 19.6. The number of ketones is 1. The summed E-state index contributed by atoms with van der Waals surface area (Å²) in [5, 5.41) is 2.49. The first-order valence-electron chi connectivity index (χ1n) is 11.1. The van der Waals surface area contributed by atoms with Gasteiger partial charge in [-0.1, -0.05) is 6.07 Å². The van der Waals surface area contributed by atoms with Crippen LogP contribution in [0.3, 0.4) is 0 Å². The number of carbonyl (C=O) groups excluding carboxylic acids is 1. The first-order chi connectivity index (χ1) is 17.0. The highest BCUT2D eigenvalue weighted by Gasteiger charge is 2.29. The molecule has 35 heavy (non-hydrogen) atoms. The highest BCUT2D eigenvalue weighted by atomic mass is 32.1. The van der Waals surface area contributed by atoms with Crippen LogP contribution in [0, 0.1) is 0 Å².